The quantitative estimate of drug-likeness (QED) is 0.859. The van der Waals surface area contributed by atoms with E-state index in [1.54, 1.807) is 19.2 Å². The number of rotatable bonds is 4. The monoisotopic (exact) mass is 347 g/mol. The highest BCUT2D eigenvalue weighted by molar-refractivity contribution is 9.10. The number of benzene rings is 2. The maximum atomic E-state index is 12.4. The zero-order valence-corrected chi connectivity index (χ0v) is 13.9. The van der Waals surface area contributed by atoms with Gasteiger partial charge in [0, 0.05) is 10.2 Å². The van der Waals surface area contributed by atoms with Gasteiger partial charge in [0.2, 0.25) is 0 Å². The minimum Gasteiger partial charge on any atom is -0.496 e. The van der Waals surface area contributed by atoms with Gasteiger partial charge in [-0.05, 0) is 41.8 Å². The molecule has 2 aromatic carbocycles. The first-order valence-electron chi connectivity index (χ1n) is 6.76. The van der Waals surface area contributed by atoms with E-state index < -0.39 is 0 Å². The van der Waals surface area contributed by atoms with Crippen LogP contribution in [0.25, 0.3) is 0 Å². The lowest BCUT2D eigenvalue weighted by Crippen LogP contribution is -2.13. The third-order valence-corrected chi connectivity index (χ3v) is 3.71. The van der Waals surface area contributed by atoms with Crippen LogP contribution in [-0.4, -0.2) is 13.0 Å². The Hall–Kier alpha value is -1.81. The van der Waals surface area contributed by atoms with Crippen molar-refractivity contribution < 1.29 is 9.53 Å². The van der Waals surface area contributed by atoms with Gasteiger partial charge >= 0.3 is 0 Å². The van der Waals surface area contributed by atoms with Crippen LogP contribution in [0.1, 0.15) is 35.7 Å². The Morgan fingerprint density at radius 1 is 1.19 bits per heavy atom. The number of hydrogen-bond acceptors (Lipinski definition) is 2. The predicted octanol–water partition coefficient (Wildman–Crippen LogP) is 4.83. The van der Waals surface area contributed by atoms with Crippen molar-refractivity contribution in [2.75, 3.05) is 12.4 Å². The first-order chi connectivity index (χ1) is 10.0. The molecule has 110 valence electrons. The Kier molecular flexibility index (Phi) is 5.02. The van der Waals surface area contributed by atoms with Crippen LogP contribution in [0.2, 0.25) is 0 Å². The molecule has 0 heterocycles. The number of methoxy groups -OCH3 is 1. The molecule has 0 aliphatic heterocycles. The van der Waals surface area contributed by atoms with Crippen molar-refractivity contribution >= 4 is 27.5 Å². The Labute approximate surface area is 133 Å². The first-order valence-corrected chi connectivity index (χ1v) is 7.55. The van der Waals surface area contributed by atoms with Crippen molar-refractivity contribution in [3.63, 3.8) is 0 Å². The normalized spacial score (nSPS) is 10.5. The predicted molar refractivity (Wildman–Crippen MR) is 89.2 cm³/mol. The number of amides is 1. The van der Waals surface area contributed by atoms with Crippen LogP contribution in [0.4, 0.5) is 5.69 Å². The third kappa shape index (κ3) is 3.85. The SMILES string of the molecule is COc1cc(Br)ccc1C(=O)Nc1cccc(C(C)C)c1. The van der Waals surface area contributed by atoms with E-state index in [1.807, 2.05) is 24.3 Å². The smallest absolute Gasteiger partial charge is 0.259 e. The minimum absolute atomic E-state index is 0.180. The van der Waals surface area contributed by atoms with Crippen molar-refractivity contribution in [2.45, 2.75) is 19.8 Å². The van der Waals surface area contributed by atoms with Crippen molar-refractivity contribution in [3.8, 4) is 5.75 Å². The lowest BCUT2D eigenvalue weighted by Gasteiger charge is -2.11. The van der Waals surface area contributed by atoms with Gasteiger partial charge in [-0.15, -0.1) is 0 Å². The molecule has 0 radical (unpaired) electrons. The summed E-state index contributed by atoms with van der Waals surface area (Å²) >= 11 is 3.37. The van der Waals surface area contributed by atoms with E-state index in [2.05, 4.69) is 41.2 Å². The largest absolute Gasteiger partial charge is 0.496 e. The van der Waals surface area contributed by atoms with E-state index in [4.69, 9.17) is 4.74 Å². The van der Waals surface area contributed by atoms with E-state index in [-0.39, 0.29) is 5.91 Å². The molecule has 0 saturated carbocycles. The molecule has 3 nitrogen and oxygen atoms in total. The van der Waals surface area contributed by atoms with Crippen LogP contribution < -0.4 is 10.1 Å². The standard InChI is InChI=1S/C17H18BrNO2/c1-11(2)12-5-4-6-14(9-12)19-17(20)15-8-7-13(18)10-16(15)21-3/h4-11H,1-3H3,(H,19,20). The molecular weight excluding hydrogens is 330 g/mol. The molecule has 0 fully saturated rings. The van der Waals surface area contributed by atoms with E-state index >= 15 is 0 Å². The summed E-state index contributed by atoms with van der Waals surface area (Å²) in [6.45, 7) is 4.25. The highest BCUT2D eigenvalue weighted by Gasteiger charge is 2.13. The molecule has 0 atom stereocenters. The van der Waals surface area contributed by atoms with Gasteiger partial charge in [0.1, 0.15) is 5.75 Å². The Bertz CT molecular complexity index is 653. The molecule has 1 amide bonds. The van der Waals surface area contributed by atoms with Gasteiger partial charge in [-0.1, -0.05) is 41.9 Å². The van der Waals surface area contributed by atoms with Crippen molar-refractivity contribution in [3.05, 3.63) is 58.1 Å². The number of carbonyl (C=O) groups excluding carboxylic acids is 1. The summed E-state index contributed by atoms with van der Waals surface area (Å²) in [6.07, 6.45) is 0. The van der Waals surface area contributed by atoms with Gasteiger partial charge in [-0.25, -0.2) is 0 Å². The summed E-state index contributed by atoms with van der Waals surface area (Å²) < 4.78 is 6.13. The highest BCUT2D eigenvalue weighted by Crippen LogP contribution is 2.25. The summed E-state index contributed by atoms with van der Waals surface area (Å²) in [5.74, 6) is 0.784. The van der Waals surface area contributed by atoms with E-state index in [1.165, 1.54) is 5.56 Å². The van der Waals surface area contributed by atoms with Crippen LogP contribution in [0, 0.1) is 0 Å². The fourth-order valence-electron chi connectivity index (χ4n) is 2.03. The van der Waals surface area contributed by atoms with Crippen molar-refractivity contribution in [2.24, 2.45) is 0 Å². The van der Waals surface area contributed by atoms with Gasteiger partial charge in [-0.3, -0.25) is 4.79 Å². The van der Waals surface area contributed by atoms with Crippen LogP contribution in [0.15, 0.2) is 46.9 Å². The molecule has 0 aromatic heterocycles. The lowest BCUT2D eigenvalue weighted by molar-refractivity contribution is 0.102. The first kappa shape index (κ1) is 15.6. The molecule has 0 spiro atoms. The second-order valence-corrected chi connectivity index (χ2v) is 5.99. The van der Waals surface area contributed by atoms with Crippen LogP contribution in [0.3, 0.4) is 0 Å². The summed E-state index contributed by atoms with van der Waals surface area (Å²) in [5.41, 5.74) is 2.49. The summed E-state index contributed by atoms with van der Waals surface area (Å²) in [5, 5.41) is 2.91. The van der Waals surface area contributed by atoms with Crippen LogP contribution >= 0.6 is 15.9 Å². The van der Waals surface area contributed by atoms with Crippen molar-refractivity contribution in [1.82, 2.24) is 0 Å². The average molecular weight is 348 g/mol. The number of halogens is 1. The molecule has 0 aliphatic rings. The van der Waals surface area contributed by atoms with Gasteiger partial charge in [0.05, 0.1) is 12.7 Å². The molecule has 4 heteroatoms. The van der Waals surface area contributed by atoms with E-state index in [0.29, 0.717) is 17.2 Å². The molecule has 2 aromatic rings. The average Bonchev–Trinajstić information content (AvgIpc) is 2.47. The van der Waals surface area contributed by atoms with Gasteiger partial charge in [-0.2, -0.15) is 0 Å². The number of carbonyl (C=O) groups is 1. The molecule has 0 aliphatic carbocycles. The minimum atomic E-state index is -0.180. The topological polar surface area (TPSA) is 38.3 Å². The summed E-state index contributed by atoms with van der Waals surface area (Å²) in [6, 6.07) is 13.2. The van der Waals surface area contributed by atoms with Gasteiger partial charge in [0.25, 0.3) is 5.91 Å². The summed E-state index contributed by atoms with van der Waals surface area (Å²) in [7, 11) is 1.55. The zero-order chi connectivity index (χ0) is 15.4. The zero-order valence-electron chi connectivity index (χ0n) is 12.3. The summed E-state index contributed by atoms with van der Waals surface area (Å²) in [4.78, 5) is 12.4. The Balaban J connectivity index is 2.24. The fraction of sp³-hybridized carbons (Fsp3) is 0.235. The maximum absolute atomic E-state index is 12.4. The second-order valence-electron chi connectivity index (χ2n) is 5.08. The maximum Gasteiger partial charge on any atom is 0.259 e. The lowest BCUT2D eigenvalue weighted by atomic mass is 10.0. The molecular formula is C17H18BrNO2. The van der Waals surface area contributed by atoms with Crippen LogP contribution in [0.5, 0.6) is 5.75 Å². The molecule has 1 N–H and O–H groups in total. The number of anilines is 1. The third-order valence-electron chi connectivity index (χ3n) is 3.22. The van der Waals surface area contributed by atoms with E-state index in [9.17, 15) is 4.79 Å². The second kappa shape index (κ2) is 6.76. The highest BCUT2D eigenvalue weighted by atomic mass is 79.9. The number of hydrogen-bond donors (Lipinski definition) is 1. The van der Waals surface area contributed by atoms with Crippen LogP contribution in [-0.2, 0) is 0 Å². The molecule has 0 saturated heterocycles. The van der Waals surface area contributed by atoms with Crippen molar-refractivity contribution in [1.29, 1.82) is 0 Å². The van der Waals surface area contributed by atoms with Gasteiger partial charge < -0.3 is 10.1 Å². The number of nitrogens with one attached hydrogen (secondary N) is 1. The fourth-order valence-corrected chi connectivity index (χ4v) is 2.37. The molecule has 21 heavy (non-hydrogen) atoms. The Morgan fingerprint density at radius 2 is 1.95 bits per heavy atom. The number of ether oxygens (including phenoxy) is 1. The molecule has 2 rings (SSSR count). The van der Waals surface area contributed by atoms with Gasteiger partial charge in [0.15, 0.2) is 0 Å². The molecule has 0 bridgehead atoms. The van der Waals surface area contributed by atoms with E-state index in [0.717, 1.165) is 10.2 Å². The molecule has 0 unspecified atom stereocenters. The Morgan fingerprint density at radius 3 is 2.62 bits per heavy atom.